The van der Waals surface area contributed by atoms with E-state index in [1.54, 1.807) is 0 Å². The second-order valence-electron chi connectivity index (χ2n) is 16.9. The average Bonchev–Trinajstić information content (AvgIpc) is 3.43. The van der Waals surface area contributed by atoms with Crippen LogP contribution in [0.2, 0.25) is 0 Å². The lowest BCUT2D eigenvalue weighted by Gasteiger charge is -2.52. The van der Waals surface area contributed by atoms with Crippen molar-refractivity contribution in [2.45, 2.75) is 76.8 Å². The summed E-state index contributed by atoms with van der Waals surface area (Å²) in [4.78, 5) is 0. The summed E-state index contributed by atoms with van der Waals surface area (Å²) in [5.41, 5.74) is 6.31. The molecule has 9 rings (SSSR count). The van der Waals surface area contributed by atoms with Crippen LogP contribution in [0.25, 0.3) is 0 Å². The molecule has 1 aliphatic carbocycles. The van der Waals surface area contributed by atoms with E-state index < -0.39 is 61.5 Å². The van der Waals surface area contributed by atoms with E-state index in [-0.39, 0.29) is 52.9 Å². The first-order valence-electron chi connectivity index (χ1n) is 23.6. The van der Waals surface area contributed by atoms with Gasteiger partial charge in [0.1, 0.15) is 24.4 Å². The minimum atomic E-state index is -4.27. The van der Waals surface area contributed by atoms with Crippen LogP contribution in [0, 0.1) is 5.92 Å². The third-order valence-corrected chi connectivity index (χ3v) is 15.4. The molecule has 2 aliphatic rings. The van der Waals surface area contributed by atoms with Crippen molar-refractivity contribution in [3.63, 3.8) is 0 Å². The Hall–Kier alpha value is -4.81. The Bertz CT molecular complexity index is 2540. The number of hydrogen-bond acceptors (Lipinski definition) is 12. The molecule has 0 bridgehead atoms. The molecular weight excluding hydrogens is 958 g/mol. The van der Waals surface area contributed by atoms with E-state index in [4.69, 9.17) is 50.2 Å². The zero-order chi connectivity index (χ0) is 48.3. The highest BCUT2D eigenvalue weighted by Crippen LogP contribution is 2.60. The highest BCUT2D eigenvalue weighted by Gasteiger charge is 2.60. The lowest BCUT2D eigenvalue weighted by molar-refractivity contribution is -0.237. The van der Waals surface area contributed by atoms with Crippen LogP contribution >= 0.6 is 25.0 Å². The lowest BCUT2D eigenvalue weighted by Crippen LogP contribution is -2.65. The lowest BCUT2D eigenvalue weighted by atomic mass is 9.78. The second-order valence-corrected chi connectivity index (χ2v) is 20.9. The van der Waals surface area contributed by atoms with Gasteiger partial charge in [-0.05, 0) is 38.9 Å². The number of benzene rings is 7. The number of hydrogen-bond donors (Lipinski definition) is 0. The molecule has 0 spiro atoms. The van der Waals surface area contributed by atoms with Gasteiger partial charge < -0.3 is 36.6 Å². The van der Waals surface area contributed by atoms with E-state index in [0.29, 0.717) is 0 Å². The Morgan fingerprint density at radius 2 is 0.690 bits per heavy atom. The van der Waals surface area contributed by atoms with Gasteiger partial charge in [0.2, 0.25) is 0 Å². The Kier molecular flexibility index (Phi) is 19.3. The van der Waals surface area contributed by atoms with E-state index in [1.807, 2.05) is 212 Å². The monoisotopic (exact) mass is 1010 g/mol. The van der Waals surface area contributed by atoms with Gasteiger partial charge >= 0.3 is 25.0 Å². The van der Waals surface area contributed by atoms with Crippen LogP contribution in [0.5, 0.6) is 0 Å². The first-order valence-corrected chi connectivity index (χ1v) is 27.2. The summed E-state index contributed by atoms with van der Waals surface area (Å²) >= 11 is 0. The molecule has 1 saturated carbocycles. The molecule has 0 aromatic heterocycles. The summed E-state index contributed by atoms with van der Waals surface area (Å²) in [6.45, 7) is 0.940. The van der Waals surface area contributed by atoms with Gasteiger partial charge in [0, 0.05) is 5.92 Å². The minimum Gasteiger partial charge on any atom is -0.370 e. The van der Waals surface area contributed by atoms with Gasteiger partial charge in [-0.1, -0.05) is 212 Å². The molecule has 7 aromatic carbocycles. The summed E-state index contributed by atoms with van der Waals surface area (Å²) in [6, 6.07) is 68.4. The fourth-order valence-corrected chi connectivity index (χ4v) is 11.8. The molecule has 1 aliphatic heterocycles. The maximum Gasteiger partial charge on any atom is 0.475 e. The largest absolute Gasteiger partial charge is 0.475 e. The van der Waals surface area contributed by atoms with Crippen molar-refractivity contribution in [1.29, 1.82) is 0 Å². The molecule has 7 aromatic rings. The van der Waals surface area contributed by atoms with Gasteiger partial charge in [-0.15, -0.1) is 0 Å². The Morgan fingerprint density at radius 3 is 1.06 bits per heavy atom. The first-order chi connectivity index (χ1) is 35.0. The fourth-order valence-electron chi connectivity index (χ4n) is 8.10. The standard InChI is InChI=1S/C56H57O12P3/c57-71(64-42-50-34-20-7-21-35-50)65-43-51-52(58-36-44-22-8-1-9-23-44)55(66-69(60-38-46-26-12-3-13-27-46)61-39-47-28-14-4-15-29-47)54(59-37-45-24-10-2-11-25-45)56(53(51)68-71)67-70(62-40-48-30-16-5-17-31-48)63-41-49-32-18-6-19-33-49/h1-35,51-56H,36-43H2/t51-,52-,53+,54-,55+,56-,71+/m0/s1. The normalized spacial score (nSPS) is 22.1. The van der Waals surface area contributed by atoms with Gasteiger partial charge in [0.05, 0.1) is 59.0 Å². The van der Waals surface area contributed by atoms with Crippen molar-refractivity contribution in [3.8, 4) is 0 Å². The number of phosphoric acid groups is 1. The quantitative estimate of drug-likeness (QED) is 0.0507. The van der Waals surface area contributed by atoms with Crippen molar-refractivity contribution < 1.29 is 54.8 Å². The van der Waals surface area contributed by atoms with E-state index in [0.717, 1.165) is 38.9 Å². The van der Waals surface area contributed by atoms with Crippen LogP contribution in [0.15, 0.2) is 212 Å². The first kappa shape index (κ1) is 51.1. The zero-order valence-corrected chi connectivity index (χ0v) is 41.8. The van der Waals surface area contributed by atoms with E-state index in [2.05, 4.69) is 0 Å². The molecule has 7 atom stereocenters. The molecule has 368 valence electrons. The van der Waals surface area contributed by atoms with Crippen LogP contribution in [0.4, 0.5) is 0 Å². The molecule has 0 unspecified atom stereocenters. The predicted octanol–water partition coefficient (Wildman–Crippen LogP) is 13.6. The molecule has 0 radical (unpaired) electrons. The van der Waals surface area contributed by atoms with E-state index in [9.17, 15) is 4.57 Å². The summed E-state index contributed by atoms with van der Waals surface area (Å²) in [7, 11) is -8.59. The van der Waals surface area contributed by atoms with Gasteiger partial charge in [-0.2, -0.15) is 0 Å². The van der Waals surface area contributed by atoms with E-state index >= 15 is 0 Å². The minimum absolute atomic E-state index is 0.0243. The maximum atomic E-state index is 14.9. The Labute approximate surface area is 418 Å². The van der Waals surface area contributed by atoms with Crippen LogP contribution < -0.4 is 0 Å². The third-order valence-electron chi connectivity index (χ3n) is 11.8. The van der Waals surface area contributed by atoms with Crippen molar-refractivity contribution in [3.05, 3.63) is 251 Å². The van der Waals surface area contributed by atoms with Crippen LogP contribution in [0.3, 0.4) is 0 Å². The molecule has 0 N–H and O–H groups in total. The van der Waals surface area contributed by atoms with Crippen molar-refractivity contribution in [1.82, 2.24) is 0 Å². The highest BCUT2D eigenvalue weighted by atomic mass is 31.2. The van der Waals surface area contributed by atoms with E-state index in [1.165, 1.54) is 0 Å². The molecule has 15 heteroatoms. The van der Waals surface area contributed by atoms with Crippen LogP contribution in [0.1, 0.15) is 38.9 Å². The SMILES string of the molecule is O=[P@@]1(OCc2ccccc2)OC[C@@H]2[C@@H](O1)[C@H](OP(OCc1ccccc1)OCc1ccccc1)[C@@H](OCc1ccccc1)[C@H](OP(OCc1ccccc1)OCc1ccccc1)[C@H]2OCc1ccccc1. The topological polar surface area (TPSA) is 119 Å². The number of rotatable bonds is 25. The molecule has 71 heavy (non-hydrogen) atoms. The van der Waals surface area contributed by atoms with Crippen molar-refractivity contribution >= 4 is 25.0 Å². The number of ether oxygens (including phenoxy) is 2. The smallest absolute Gasteiger partial charge is 0.370 e. The molecular formula is C56H57O12P3. The molecule has 1 heterocycles. The Morgan fingerprint density at radius 1 is 0.380 bits per heavy atom. The van der Waals surface area contributed by atoms with Crippen molar-refractivity contribution in [2.75, 3.05) is 6.61 Å². The van der Waals surface area contributed by atoms with Gasteiger partial charge in [0.15, 0.2) is 0 Å². The number of fused-ring (bicyclic) bond motifs is 1. The summed E-state index contributed by atoms with van der Waals surface area (Å²) in [6.07, 6.45) is -4.94. The zero-order valence-electron chi connectivity index (χ0n) is 39.1. The Balaban J connectivity index is 1.12. The molecule has 0 amide bonds. The highest BCUT2D eigenvalue weighted by molar-refractivity contribution is 7.48. The fraction of sp³-hybridized carbons (Fsp3) is 0.250. The summed E-state index contributed by atoms with van der Waals surface area (Å²) in [5.74, 6) is -0.673. The second kappa shape index (κ2) is 26.8. The number of phosphoric ester groups is 1. The molecule has 1 saturated heterocycles. The van der Waals surface area contributed by atoms with Gasteiger partial charge in [-0.3, -0.25) is 13.6 Å². The summed E-state index contributed by atoms with van der Waals surface area (Å²) < 4.78 is 88.7. The predicted molar refractivity (Wildman–Crippen MR) is 272 cm³/mol. The van der Waals surface area contributed by atoms with Gasteiger partial charge in [-0.25, -0.2) is 4.57 Å². The van der Waals surface area contributed by atoms with Crippen molar-refractivity contribution in [2.24, 2.45) is 5.92 Å². The molecule has 12 nitrogen and oxygen atoms in total. The van der Waals surface area contributed by atoms with Gasteiger partial charge in [0.25, 0.3) is 0 Å². The summed E-state index contributed by atoms with van der Waals surface area (Å²) in [5, 5.41) is 0. The molecule has 2 fully saturated rings. The maximum absolute atomic E-state index is 14.9. The van der Waals surface area contributed by atoms with Crippen LogP contribution in [-0.4, -0.2) is 37.1 Å². The van der Waals surface area contributed by atoms with Crippen LogP contribution in [-0.2, 0) is 101 Å². The third kappa shape index (κ3) is 15.4. The average molecular weight is 1010 g/mol.